The molecule has 4 heteroatoms. The summed E-state index contributed by atoms with van der Waals surface area (Å²) in [5.41, 5.74) is 4.19. The number of benzene rings is 1. The van der Waals surface area contributed by atoms with Crippen molar-refractivity contribution in [2.24, 2.45) is 0 Å². The molecule has 0 spiro atoms. The van der Waals surface area contributed by atoms with Gasteiger partial charge in [0.15, 0.2) is 0 Å². The lowest BCUT2D eigenvalue weighted by Crippen LogP contribution is -2.33. The van der Waals surface area contributed by atoms with Crippen molar-refractivity contribution in [1.82, 2.24) is 14.9 Å². The fourth-order valence-electron chi connectivity index (χ4n) is 2.63. The van der Waals surface area contributed by atoms with Gasteiger partial charge in [-0.1, -0.05) is 30.3 Å². The summed E-state index contributed by atoms with van der Waals surface area (Å²) in [4.78, 5) is 20.6. The first-order valence-corrected chi connectivity index (χ1v) is 6.57. The molecule has 0 unspecified atom stereocenters. The SMILES string of the molecule is Cc1[nH]c(=O)nc2c1CN(Cc1ccccc1)CC2. The van der Waals surface area contributed by atoms with Crippen molar-refractivity contribution in [3.05, 3.63) is 63.3 Å². The van der Waals surface area contributed by atoms with Crippen LogP contribution in [0.15, 0.2) is 35.1 Å². The van der Waals surface area contributed by atoms with Gasteiger partial charge >= 0.3 is 5.69 Å². The van der Waals surface area contributed by atoms with Gasteiger partial charge in [0.25, 0.3) is 0 Å². The van der Waals surface area contributed by atoms with E-state index in [1.165, 1.54) is 11.1 Å². The predicted molar refractivity (Wildman–Crippen MR) is 73.9 cm³/mol. The normalized spacial score (nSPS) is 15.2. The van der Waals surface area contributed by atoms with E-state index >= 15 is 0 Å². The van der Waals surface area contributed by atoms with Crippen LogP contribution in [0.4, 0.5) is 0 Å². The Morgan fingerprint density at radius 3 is 2.89 bits per heavy atom. The first-order chi connectivity index (χ1) is 9.22. The minimum Gasteiger partial charge on any atom is -0.310 e. The second-order valence-corrected chi connectivity index (χ2v) is 5.04. The van der Waals surface area contributed by atoms with E-state index in [1.54, 1.807) is 0 Å². The first kappa shape index (κ1) is 12.1. The van der Waals surface area contributed by atoms with Gasteiger partial charge in [0.05, 0.1) is 5.69 Å². The minimum atomic E-state index is -0.229. The summed E-state index contributed by atoms with van der Waals surface area (Å²) in [6.45, 7) is 4.71. The topological polar surface area (TPSA) is 49.0 Å². The van der Waals surface area contributed by atoms with Crippen molar-refractivity contribution in [3.63, 3.8) is 0 Å². The molecule has 0 radical (unpaired) electrons. The van der Waals surface area contributed by atoms with Gasteiger partial charge in [-0.2, -0.15) is 4.98 Å². The van der Waals surface area contributed by atoms with Gasteiger partial charge in [-0.3, -0.25) is 4.90 Å². The average molecular weight is 255 g/mol. The molecule has 1 aromatic heterocycles. The van der Waals surface area contributed by atoms with Crippen LogP contribution in [0.25, 0.3) is 0 Å². The van der Waals surface area contributed by atoms with Crippen LogP contribution in [0.5, 0.6) is 0 Å². The summed E-state index contributed by atoms with van der Waals surface area (Å²) in [5.74, 6) is 0. The number of fused-ring (bicyclic) bond motifs is 1. The van der Waals surface area contributed by atoms with Crippen LogP contribution < -0.4 is 5.69 Å². The maximum Gasteiger partial charge on any atom is 0.345 e. The van der Waals surface area contributed by atoms with Crippen LogP contribution >= 0.6 is 0 Å². The molecule has 0 bridgehead atoms. The molecule has 0 aliphatic carbocycles. The number of aromatic amines is 1. The lowest BCUT2D eigenvalue weighted by Gasteiger charge is -2.28. The number of hydrogen-bond donors (Lipinski definition) is 1. The van der Waals surface area contributed by atoms with E-state index in [2.05, 4.69) is 39.1 Å². The molecule has 0 saturated heterocycles. The second kappa shape index (κ2) is 4.97. The molecular weight excluding hydrogens is 238 g/mol. The smallest absolute Gasteiger partial charge is 0.310 e. The highest BCUT2D eigenvalue weighted by molar-refractivity contribution is 5.26. The van der Waals surface area contributed by atoms with Gasteiger partial charge < -0.3 is 4.98 Å². The van der Waals surface area contributed by atoms with E-state index in [0.29, 0.717) is 0 Å². The first-order valence-electron chi connectivity index (χ1n) is 6.57. The fourth-order valence-corrected chi connectivity index (χ4v) is 2.63. The van der Waals surface area contributed by atoms with Gasteiger partial charge in [-0.25, -0.2) is 4.79 Å². The van der Waals surface area contributed by atoms with Gasteiger partial charge in [-0.15, -0.1) is 0 Å². The Labute approximate surface area is 112 Å². The molecule has 4 nitrogen and oxygen atoms in total. The molecule has 0 fully saturated rings. The van der Waals surface area contributed by atoms with Crippen molar-refractivity contribution < 1.29 is 0 Å². The third-order valence-electron chi connectivity index (χ3n) is 3.63. The van der Waals surface area contributed by atoms with Crippen LogP contribution in [-0.4, -0.2) is 21.4 Å². The molecule has 2 aromatic rings. The van der Waals surface area contributed by atoms with Gasteiger partial charge in [0.2, 0.25) is 0 Å². The highest BCUT2D eigenvalue weighted by Gasteiger charge is 2.19. The number of aryl methyl sites for hydroxylation is 1. The van der Waals surface area contributed by atoms with E-state index in [-0.39, 0.29) is 5.69 Å². The van der Waals surface area contributed by atoms with Gasteiger partial charge in [0.1, 0.15) is 0 Å². The molecule has 1 aliphatic heterocycles. The summed E-state index contributed by atoms with van der Waals surface area (Å²) in [5, 5.41) is 0. The summed E-state index contributed by atoms with van der Waals surface area (Å²) >= 11 is 0. The number of rotatable bonds is 2. The van der Waals surface area contributed by atoms with Gasteiger partial charge in [-0.05, 0) is 12.5 Å². The molecule has 0 atom stereocenters. The van der Waals surface area contributed by atoms with Crippen LogP contribution in [0, 0.1) is 6.92 Å². The molecule has 0 amide bonds. The Balaban J connectivity index is 1.81. The molecular formula is C15H17N3O. The number of hydrogen-bond acceptors (Lipinski definition) is 3. The van der Waals surface area contributed by atoms with E-state index < -0.39 is 0 Å². The van der Waals surface area contributed by atoms with Crippen molar-refractivity contribution in [2.75, 3.05) is 6.54 Å². The molecule has 2 heterocycles. The highest BCUT2D eigenvalue weighted by Crippen LogP contribution is 2.19. The summed E-state index contributed by atoms with van der Waals surface area (Å²) in [6.07, 6.45) is 0.854. The Hall–Kier alpha value is -1.94. The Bertz CT molecular complexity index is 634. The lowest BCUT2D eigenvalue weighted by atomic mass is 10.0. The zero-order valence-corrected chi connectivity index (χ0v) is 11.0. The molecule has 1 aromatic carbocycles. The standard InChI is InChI=1S/C15H17N3O/c1-11-13-10-18(9-12-5-3-2-4-6-12)8-7-14(13)17-15(19)16-11/h2-6H,7-10H2,1H3,(H,16,17,19). The molecule has 0 saturated carbocycles. The quantitative estimate of drug-likeness (QED) is 0.887. The maximum atomic E-state index is 11.4. The van der Waals surface area contributed by atoms with Crippen LogP contribution in [0.1, 0.15) is 22.5 Å². The third kappa shape index (κ3) is 2.58. The summed E-state index contributed by atoms with van der Waals surface area (Å²) in [7, 11) is 0. The lowest BCUT2D eigenvalue weighted by molar-refractivity contribution is 0.242. The van der Waals surface area contributed by atoms with Gasteiger partial charge in [0, 0.05) is 37.3 Å². The van der Waals surface area contributed by atoms with Crippen molar-refractivity contribution in [2.45, 2.75) is 26.4 Å². The fraction of sp³-hybridized carbons (Fsp3) is 0.333. The summed E-state index contributed by atoms with van der Waals surface area (Å²) < 4.78 is 0. The Morgan fingerprint density at radius 1 is 1.32 bits per heavy atom. The number of aromatic nitrogens is 2. The Kier molecular flexibility index (Phi) is 3.17. The van der Waals surface area contributed by atoms with E-state index in [4.69, 9.17) is 0 Å². The molecule has 1 aliphatic rings. The number of nitrogens with one attached hydrogen (secondary N) is 1. The van der Waals surface area contributed by atoms with Crippen molar-refractivity contribution >= 4 is 0 Å². The number of H-pyrrole nitrogens is 1. The molecule has 3 rings (SSSR count). The van der Waals surface area contributed by atoms with Crippen LogP contribution in [0.2, 0.25) is 0 Å². The van der Waals surface area contributed by atoms with E-state index in [9.17, 15) is 4.79 Å². The number of nitrogens with zero attached hydrogens (tertiary/aromatic N) is 2. The highest BCUT2D eigenvalue weighted by atomic mass is 16.1. The molecule has 1 N–H and O–H groups in total. The predicted octanol–water partition coefficient (Wildman–Crippen LogP) is 1.64. The monoisotopic (exact) mass is 255 g/mol. The van der Waals surface area contributed by atoms with Crippen LogP contribution in [-0.2, 0) is 19.5 Å². The van der Waals surface area contributed by atoms with E-state index in [0.717, 1.165) is 37.4 Å². The van der Waals surface area contributed by atoms with Crippen LogP contribution in [0.3, 0.4) is 0 Å². The third-order valence-corrected chi connectivity index (χ3v) is 3.63. The second-order valence-electron chi connectivity index (χ2n) is 5.04. The molecule has 98 valence electrons. The maximum absolute atomic E-state index is 11.4. The zero-order valence-electron chi connectivity index (χ0n) is 11.0. The largest absolute Gasteiger partial charge is 0.345 e. The van der Waals surface area contributed by atoms with Crippen molar-refractivity contribution in [3.8, 4) is 0 Å². The average Bonchev–Trinajstić information content (AvgIpc) is 2.40. The minimum absolute atomic E-state index is 0.229. The zero-order chi connectivity index (χ0) is 13.2. The summed E-state index contributed by atoms with van der Waals surface area (Å²) in [6, 6.07) is 10.5. The van der Waals surface area contributed by atoms with Crippen molar-refractivity contribution in [1.29, 1.82) is 0 Å². The van der Waals surface area contributed by atoms with E-state index in [1.807, 2.05) is 13.0 Å². The Morgan fingerprint density at radius 2 is 2.11 bits per heavy atom. The molecule has 19 heavy (non-hydrogen) atoms.